The Morgan fingerprint density at radius 3 is 2.33 bits per heavy atom. The van der Waals surface area contributed by atoms with Gasteiger partial charge < -0.3 is 24.7 Å². The van der Waals surface area contributed by atoms with Gasteiger partial charge in [-0.2, -0.15) is 0 Å². The zero-order valence-electron chi connectivity index (χ0n) is 11.9. The summed E-state index contributed by atoms with van der Waals surface area (Å²) in [5.74, 6) is -1.59. The largest absolute Gasteiger partial charge is 0.480 e. The van der Waals surface area contributed by atoms with E-state index in [1.54, 1.807) is 0 Å². The van der Waals surface area contributed by atoms with Crippen molar-refractivity contribution in [3.8, 4) is 0 Å². The molecular weight excluding hydrogens is 280 g/mol. The maximum Gasteiger partial charge on any atom is 0.326 e. The van der Waals surface area contributed by atoms with Crippen LogP contribution >= 0.6 is 0 Å². The lowest BCUT2D eigenvalue weighted by Gasteiger charge is -2.34. The number of aliphatic hydroxyl groups excluding tert-OH is 1. The van der Waals surface area contributed by atoms with E-state index in [0.29, 0.717) is 25.9 Å². The molecule has 2 saturated heterocycles. The highest BCUT2D eigenvalue weighted by Crippen LogP contribution is 2.24. The van der Waals surface area contributed by atoms with Crippen LogP contribution in [0.5, 0.6) is 0 Å². The smallest absolute Gasteiger partial charge is 0.326 e. The first-order valence-corrected chi connectivity index (χ1v) is 6.98. The molecule has 2 aliphatic heterocycles. The average molecular weight is 300 g/mol. The van der Waals surface area contributed by atoms with Crippen molar-refractivity contribution in [2.75, 3.05) is 26.7 Å². The van der Waals surface area contributed by atoms with E-state index < -0.39 is 18.1 Å². The Morgan fingerprint density at radius 2 is 1.81 bits per heavy atom. The normalized spacial score (nSPS) is 26.8. The molecule has 0 aromatic heterocycles. The van der Waals surface area contributed by atoms with Gasteiger partial charge in [-0.15, -0.1) is 0 Å². The number of carbonyl (C=O) groups excluding carboxylic acids is 2. The van der Waals surface area contributed by atoms with Crippen molar-refractivity contribution < 1.29 is 29.3 Å². The van der Waals surface area contributed by atoms with Crippen LogP contribution in [0.4, 0.5) is 4.79 Å². The summed E-state index contributed by atoms with van der Waals surface area (Å²) in [4.78, 5) is 37.7. The molecule has 0 unspecified atom stereocenters. The maximum absolute atomic E-state index is 12.4. The van der Waals surface area contributed by atoms with Gasteiger partial charge in [0.05, 0.1) is 19.1 Å². The predicted molar refractivity (Wildman–Crippen MR) is 70.5 cm³/mol. The molecule has 0 saturated carbocycles. The quantitative estimate of drug-likeness (QED) is 0.666. The number of esters is 1. The van der Waals surface area contributed by atoms with Crippen LogP contribution in [0.1, 0.15) is 19.3 Å². The number of nitrogens with zero attached hydrogens (tertiary/aromatic N) is 2. The van der Waals surface area contributed by atoms with Crippen LogP contribution in [-0.4, -0.2) is 76.9 Å². The minimum atomic E-state index is -1.11. The van der Waals surface area contributed by atoms with Gasteiger partial charge in [0, 0.05) is 26.1 Å². The number of carboxylic acid groups (broad SMARTS) is 1. The lowest BCUT2D eigenvalue weighted by atomic mass is 9.97. The molecule has 2 fully saturated rings. The third kappa shape index (κ3) is 3.26. The second-order valence-electron chi connectivity index (χ2n) is 5.46. The van der Waals surface area contributed by atoms with Crippen molar-refractivity contribution in [3.05, 3.63) is 0 Å². The van der Waals surface area contributed by atoms with Crippen molar-refractivity contribution in [2.24, 2.45) is 5.92 Å². The lowest BCUT2D eigenvalue weighted by molar-refractivity contribution is -0.146. The zero-order chi connectivity index (χ0) is 15.6. The first-order chi connectivity index (χ1) is 9.93. The Hall–Kier alpha value is -1.83. The van der Waals surface area contributed by atoms with Gasteiger partial charge in [-0.1, -0.05) is 0 Å². The summed E-state index contributed by atoms with van der Waals surface area (Å²) in [6.07, 6.45) is 0.265. The molecular formula is C13H20N2O6. The van der Waals surface area contributed by atoms with E-state index in [-0.39, 0.29) is 30.9 Å². The first kappa shape index (κ1) is 15.6. The Labute approximate surface area is 122 Å². The van der Waals surface area contributed by atoms with Gasteiger partial charge in [-0.25, -0.2) is 9.59 Å². The molecule has 0 aromatic rings. The molecule has 2 rings (SSSR count). The summed E-state index contributed by atoms with van der Waals surface area (Å²) < 4.78 is 4.68. The predicted octanol–water partition coefficient (Wildman–Crippen LogP) is -0.489. The van der Waals surface area contributed by atoms with Gasteiger partial charge in [0.25, 0.3) is 0 Å². The van der Waals surface area contributed by atoms with Gasteiger partial charge >= 0.3 is 18.0 Å². The summed E-state index contributed by atoms with van der Waals surface area (Å²) in [6.45, 7) is 0.807. The summed E-state index contributed by atoms with van der Waals surface area (Å²) in [7, 11) is 1.34. The van der Waals surface area contributed by atoms with Crippen LogP contribution in [0.25, 0.3) is 0 Å². The van der Waals surface area contributed by atoms with E-state index in [2.05, 4.69) is 4.74 Å². The van der Waals surface area contributed by atoms with E-state index in [0.717, 1.165) is 0 Å². The molecule has 21 heavy (non-hydrogen) atoms. The number of hydrogen-bond acceptors (Lipinski definition) is 5. The molecule has 0 bridgehead atoms. The molecule has 2 heterocycles. The molecule has 0 aromatic carbocycles. The lowest BCUT2D eigenvalue weighted by Crippen LogP contribution is -2.51. The molecule has 2 amide bonds. The number of carbonyl (C=O) groups is 3. The first-order valence-electron chi connectivity index (χ1n) is 6.98. The summed E-state index contributed by atoms with van der Waals surface area (Å²) in [6, 6.07) is -1.37. The number of urea groups is 1. The van der Waals surface area contributed by atoms with E-state index in [1.807, 2.05) is 0 Å². The third-order valence-electron chi connectivity index (χ3n) is 4.11. The maximum atomic E-state index is 12.4. The molecule has 2 aliphatic rings. The van der Waals surface area contributed by atoms with Crippen molar-refractivity contribution in [2.45, 2.75) is 31.4 Å². The molecule has 8 nitrogen and oxygen atoms in total. The van der Waals surface area contributed by atoms with E-state index in [4.69, 9.17) is 5.11 Å². The number of likely N-dealkylation sites (tertiary alicyclic amines) is 2. The Morgan fingerprint density at radius 1 is 1.19 bits per heavy atom. The zero-order valence-corrected chi connectivity index (χ0v) is 11.9. The Bertz CT molecular complexity index is 432. The molecule has 0 radical (unpaired) electrons. The fraction of sp³-hybridized carbons (Fsp3) is 0.769. The number of hydrogen-bond donors (Lipinski definition) is 2. The van der Waals surface area contributed by atoms with Gasteiger partial charge in [-0.05, 0) is 12.8 Å². The molecule has 0 aliphatic carbocycles. The number of β-amino-alcohol motifs (C(OH)–C–C–N with tert-alkyl or cyclic N) is 1. The van der Waals surface area contributed by atoms with E-state index >= 15 is 0 Å². The number of carboxylic acids is 1. The van der Waals surface area contributed by atoms with Crippen LogP contribution in [0.2, 0.25) is 0 Å². The fourth-order valence-electron chi connectivity index (χ4n) is 2.91. The average Bonchev–Trinajstić information content (AvgIpc) is 2.88. The second kappa shape index (κ2) is 6.30. The highest BCUT2D eigenvalue weighted by atomic mass is 16.5. The molecule has 0 spiro atoms. The minimum absolute atomic E-state index is 0.0345. The monoisotopic (exact) mass is 300 g/mol. The summed E-state index contributed by atoms with van der Waals surface area (Å²) in [5.41, 5.74) is 0. The SMILES string of the molecule is COC(=O)C1CCN(C(=O)N2C[C@H](O)C[C@H]2C(=O)O)CC1. The van der Waals surface area contributed by atoms with Gasteiger partial charge in [0.15, 0.2) is 0 Å². The number of ether oxygens (including phenoxy) is 1. The van der Waals surface area contributed by atoms with Crippen molar-refractivity contribution >= 4 is 18.0 Å². The van der Waals surface area contributed by atoms with Gasteiger partial charge in [-0.3, -0.25) is 4.79 Å². The fourth-order valence-corrected chi connectivity index (χ4v) is 2.91. The van der Waals surface area contributed by atoms with E-state index in [9.17, 15) is 19.5 Å². The standard InChI is InChI=1S/C13H20N2O6/c1-21-12(19)8-2-4-14(5-3-8)13(20)15-7-9(16)6-10(15)11(17)18/h8-10,16H,2-7H2,1H3,(H,17,18)/t9-,10+/m1/s1. The highest BCUT2D eigenvalue weighted by Gasteiger charge is 2.41. The van der Waals surface area contributed by atoms with Crippen LogP contribution in [0, 0.1) is 5.92 Å². The van der Waals surface area contributed by atoms with Crippen LogP contribution in [0.3, 0.4) is 0 Å². The van der Waals surface area contributed by atoms with Crippen molar-refractivity contribution in [3.63, 3.8) is 0 Å². The molecule has 2 atom stereocenters. The Kier molecular flexibility index (Phi) is 4.66. The number of piperidine rings is 1. The van der Waals surface area contributed by atoms with Gasteiger partial charge in [0.2, 0.25) is 0 Å². The topological polar surface area (TPSA) is 107 Å². The highest BCUT2D eigenvalue weighted by molar-refractivity contribution is 5.83. The number of rotatable bonds is 2. The molecule has 8 heteroatoms. The number of aliphatic carboxylic acids is 1. The molecule has 2 N–H and O–H groups in total. The minimum Gasteiger partial charge on any atom is -0.480 e. The van der Waals surface area contributed by atoms with Crippen LogP contribution in [0.15, 0.2) is 0 Å². The van der Waals surface area contributed by atoms with Crippen molar-refractivity contribution in [1.82, 2.24) is 9.80 Å². The van der Waals surface area contributed by atoms with Crippen molar-refractivity contribution in [1.29, 1.82) is 0 Å². The van der Waals surface area contributed by atoms with Gasteiger partial charge in [0.1, 0.15) is 6.04 Å². The van der Waals surface area contributed by atoms with Crippen LogP contribution in [-0.2, 0) is 14.3 Å². The summed E-state index contributed by atoms with van der Waals surface area (Å²) >= 11 is 0. The number of methoxy groups -OCH3 is 1. The van der Waals surface area contributed by atoms with E-state index in [1.165, 1.54) is 16.9 Å². The molecule has 118 valence electrons. The number of amides is 2. The Balaban J connectivity index is 1.95. The number of aliphatic hydroxyl groups is 1. The third-order valence-corrected chi connectivity index (χ3v) is 4.11. The second-order valence-corrected chi connectivity index (χ2v) is 5.46. The van der Waals surface area contributed by atoms with Crippen LogP contribution < -0.4 is 0 Å². The summed E-state index contributed by atoms with van der Waals surface area (Å²) in [5, 5.41) is 18.7.